The fraction of sp³-hybridized carbons (Fsp3) is 0. The van der Waals surface area contributed by atoms with Crippen LogP contribution in [-0.4, -0.2) is 14.5 Å². The van der Waals surface area contributed by atoms with Crippen LogP contribution in [0.5, 0.6) is 0 Å². The van der Waals surface area contributed by atoms with Crippen molar-refractivity contribution in [2.45, 2.75) is 0 Å². The maximum atomic E-state index is 4.33. The molecule has 0 saturated carbocycles. The number of pyridine rings is 1. The maximum absolute atomic E-state index is 4.33. The summed E-state index contributed by atoms with van der Waals surface area (Å²) in [5.41, 5.74) is 5.04. The van der Waals surface area contributed by atoms with Crippen LogP contribution in [0.2, 0.25) is 0 Å². The Morgan fingerprint density at radius 1 is 0.390 bits per heavy atom. The van der Waals surface area contributed by atoms with E-state index in [-0.39, 0.29) is 0 Å². The van der Waals surface area contributed by atoms with Gasteiger partial charge in [0.15, 0.2) is 0 Å². The van der Waals surface area contributed by atoms with E-state index in [0.717, 1.165) is 0 Å². The van der Waals surface area contributed by atoms with Gasteiger partial charge < -0.3 is 0 Å². The minimum atomic E-state index is 0.593. The van der Waals surface area contributed by atoms with Crippen LogP contribution in [0.1, 0.15) is 0 Å². The highest BCUT2D eigenvalue weighted by Gasteiger charge is 2.19. The van der Waals surface area contributed by atoms with E-state index in [4.69, 9.17) is 0 Å². The number of benzene rings is 7. The number of hydrogen-bond donors (Lipinski definition) is 0. The van der Waals surface area contributed by atoms with Crippen LogP contribution in [-0.2, 0) is 0 Å². The van der Waals surface area contributed by atoms with Crippen LogP contribution in [0.25, 0.3) is 65.3 Å². The van der Waals surface area contributed by atoms with Crippen LogP contribution in [0.3, 0.4) is 0 Å². The monoisotopic (exact) mass is 535 g/mol. The van der Waals surface area contributed by atoms with Crippen molar-refractivity contribution >= 4 is 63.0 Å². The molecule has 0 bridgehead atoms. The zero-order valence-electron chi connectivity index (χ0n) is 22.4. The summed E-state index contributed by atoms with van der Waals surface area (Å²) in [6.07, 6.45) is 3.80. The van der Waals surface area contributed by atoms with Crippen molar-refractivity contribution in [3.8, 4) is 22.3 Å². The van der Waals surface area contributed by atoms with Crippen molar-refractivity contribution < 1.29 is 0 Å². The minimum Gasteiger partial charge on any atom is -0.265 e. The van der Waals surface area contributed by atoms with E-state index >= 15 is 0 Å². The van der Waals surface area contributed by atoms with Crippen LogP contribution in [0.15, 0.2) is 152 Å². The Hall–Kier alpha value is -5.05. The van der Waals surface area contributed by atoms with Gasteiger partial charge in [0.1, 0.15) is 9.52 Å². The zero-order chi connectivity index (χ0) is 27.2. The standard InChI is InChI=1S/C39H25NSi/c1-2-11-28(12-3-1)41-29-18-19-35-37(25-29)38(26-20-22-40-23-21-26)33-16-8-9-17-34(33)39(35)36-24-27-10-4-5-13-30(27)31-14-6-7-15-32(31)36/h1-25H. The molecule has 8 aromatic rings. The van der Waals surface area contributed by atoms with Crippen LogP contribution in [0.4, 0.5) is 0 Å². The quantitative estimate of drug-likeness (QED) is 0.125. The molecule has 7 aromatic carbocycles. The van der Waals surface area contributed by atoms with Gasteiger partial charge in [0, 0.05) is 12.4 Å². The SMILES string of the molecule is c1ccc([Si]c2ccc3c(-c4cc5ccccc5c5ccccc45)c4ccccc4c(-c4ccncc4)c3c2)cc1. The molecule has 0 spiro atoms. The van der Waals surface area contributed by atoms with Gasteiger partial charge >= 0.3 is 0 Å². The summed E-state index contributed by atoms with van der Waals surface area (Å²) in [4.78, 5) is 4.33. The largest absolute Gasteiger partial charge is 0.265 e. The second-order valence-electron chi connectivity index (χ2n) is 10.5. The average Bonchev–Trinajstić information content (AvgIpc) is 3.04. The molecule has 1 aromatic heterocycles. The van der Waals surface area contributed by atoms with Gasteiger partial charge in [-0.2, -0.15) is 0 Å². The Morgan fingerprint density at radius 3 is 1.78 bits per heavy atom. The fourth-order valence-corrected chi connectivity index (χ4v) is 7.40. The van der Waals surface area contributed by atoms with E-state index in [2.05, 4.69) is 145 Å². The van der Waals surface area contributed by atoms with Gasteiger partial charge in [-0.25, -0.2) is 0 Å². The first-order valence-electron chi connectivity index (χ1n) is 14.0. The first-order chi connectivity index (χ1) is 20.3. The predicted molar refractivity (Wildman–Crippen MR) is 177 cm³/mol. The second kappa shape index (κ2) is 9.85. The lowest BCUT2D eigenvalue weighted by molar-refractivity contribution is 1.33. The number of fused-ring (bicyclic) bond motifs is 5. The van der Waals surface area contributed by atoms with Crippen molar-refractivity contribution in [3.05, 3.63) is 152 Å². The molecule has 0 fully saturated rings. The van der Waals surface area contributed by atoms with Crippen LogP contribution < -0.4 is 10.4 Å². The lowest BCUT2D eigenvalue weighted by Crippen LogP contribution is -2.26. The molecular weight excluding hydrogens is 511 g/mol. The van der Waals surface area contributed by atoms with Crippen molar-refractivity contribution in [1.29, 1.82) is 0 Å². The summed E-state index contributed by atoms with van der Waals surface area (Å²) in [6.45, 7) is 0. The zero-order valence-corrected chi connectivity index (χ0v) is 23.4. The molecule has 0 aliphatic carbocycles. The van der Waals surface area contributed by atoms with E-state index in [0.29, 0.717) is 9.52 Å². The van der Waals surface area contributed by atoms with E-state index < -0.39 is 0 Å². The van der Waals surface area contributed by atoms with E-state index in [1.54, 1.807) is 0 Å². The Balaban J connectivity index is 1.52. The Kier molecular flexibility index (Phi) is 5.72. The molecule has 2 heteroatoms. The molecule has 1 nitrogen and oxygen atoms in total. The molecule has 0 amide bonds. The molecule has 0 aliphatic heterocycles. The molecule has 2 radical (unpaired) electrons. The van der Waals surface area contributed by atoms with Gasteiger partial charge in [-0.05, 0) is 83.5 Å². The topological polar surface area (TPSA) is 12.9 Å². The molecule has 0 aliphatic rings. The van der Waals surface area contributed by atoms with E-state index in [1.165, 1.54) is 75.7 Å². The molecule has 0 atom stereocenters. The molecule has 190 valence electrons. The van der Waals surface area contributed by atoms with Gasteiger partial charge in [-0.1, -0.05) is 132 Å². The van der Waals surface area contributed by atoms with Gasteiger partial charge in [0.05, 0.1) is 0 Å². The first kappa shape index (κ1) is 23.8. The van der Waals surface area contributed by atoms with Gasteiger partial charge in [-0.3, -0.25) is 4.98 Å². The van der Waals surface area contributed by atoms with E-state index in [1.807, 2.05) is 12.4 Å². The number of hydrogen-bond acceptors (Lipinski definition) is 1. The van der Waals surface area contributed by atoms with Crippen LogP contribution in [0, 0.1) is 0 Å². The van der Waals surface area contributed by atoms with Crippen molar-refractivity contribution in [2.75, 3.05) is 0 Å². The van der Waals surface area contributed by atoms with Gasteiger partial charge in [-0.15, -0.1) is 0 Å². The average molecular weight is 536 g/mol. The smallest absolute Gasteiger partial charge is 0.121 e. The third-order valence-corrected chi connectivity index (χ3v) is 9.31. The Bertz CT molecular complexity index is 2220. The number of aromatic nitrogens is 1. The summed E-state index contributed by atoms with van der Waals surface area (Å²) in [7, 11) is 0.593. The first-order valence-corrected chi connectivity index (χ1v) is 15.0. The fourth-order valence-electron chi connectivity index (χ4n) is 6.33. The highest BCUT2D eigenvalue weighted by Crippen LogP contribution is 2.46. The number of rotatable bonds is 4. The predicted octanol–water partition coefficient (Wildman–Crippen LogP) is 8.68. The van der Waals surface area contributed by atoms with Crippen molar-refractivity contribution in [2.24, 2.45) is 0 Å². The van der Waals surface area contributed by atoms with Crippen LogP contribution >= 0.6 is 0 Å². The maximum Gasteiger partial charge on any atom is 0.121 e. The minimum absolute atomic E-state index is 0.593. The van der Waals surface area contributed by atoms with Gasteiger partial charge in [0.2, 0.25) is 0 Å². The molecule has 0 unspecified atom stereocenters. The normalized spacial score (nSPS) is 11.5. The summed E-state index contributed by atoms with van der Waals surface area (Å²) < 4.78 is 0. The third kappa shape index (κ3) is 4.04. The molecule has 0 saturated heterocycles. The molecule has 0 N–H and O–H groups in total. The molecule has 1 heterocycles. The van der Waals surface area contributed by atoms with Crippen molar-refractivity contribution in [1.82, 2.24) is 4.98 Å². The molecular formula is C39H25NSi. The Morgan fingerprint density at radius 2 is 1.00 bits per heavy atom. The highest BCUT2D eigenvalue weighted by atomic mass is 28.2. The summed E-state index contributed by atoms with van der Waals surface area (Å²) in [6, 6.07) is 51.1. The lowest BCUT2D eigenvalue weighted by atomic mass is 9.84. The lowest BCUT2D eigenvalue weighted by Gasteiger charge is -2.20. The van der Waals surface area contributed by atoms with E-state index in [9.17, 15) is 0 Å². The summed E-state index contributed by atoms with van der Waals surface area (Å²) in [5.74, 6) is 0. The van der Waals surface area contributed by atoms with Crippen molar-refractivity contribution in [3.63, 3.8) is 0 Å². The Labute approximate surface area is 241 Å². The summed E-state index contributed by atoms with van der Waals surface area (Å²) in [5, 5.41) is 12.9. The molecule has 41 heavy (non-hydrogen) atoms. The number of nitrogens with zero attached hydrogens (tertiary/aromatic N) is 1. The highest BCUT2D eigenvalue weighted by molar-refractivity contribution is 6.67. The molecule has 8 rings (SSSR count). The summed E-state index contributed by atoms with van der Waals surface area (Å²) >= 11 is 0. The second-order valence-corrected chi connectivity index (χ2v) is 11.9. The third-order valence-electron chi connectivity index (χ3n) is 8.09. The van der Waals surface area contributed by atoms with Gasteiger partial charge in [0.25, 0.3) is 0 Å².